The van der Waals surface area contributed by atoms with Crippen molar-refractivity contribution >= 4 is 33.3 Å². The number of aromatic nitrogens is 4. The van der Waals surface area contributed by atoms with Gasteiger partial charge in [0.2, 0.25) is 11.2 Å². The van der Waals surface area contributed by atoms with Gasteiger partial charge in [-0.3, -0.25) is 0 Å². The molecule has 0 spiro atoms. The molecule has 0 aliphatic heterocycles. The Bertz CT molecular complexity index is 463. The Morgan fingerprint density at radius 2 is 2.31 bits per heavy atom. The van der Waals surface area contributed by atoms with E-state index >= 15 is 0 Å². The first kappa shape index (κ1) is 11.3. The zero-order chi connectivity index (χ0) is 11.4. The van der Waals surface area contributed by atoms with Crippen molar-refractivity contribution in [1.29, 1.82) is 0 Å². The molecule has 0 aromatic carbocycles. The fraction of sp³-hybridized carbons (Fsp3) is 0.250. The van der Waals surface area contributed by atoms with Gasteiger partial charge in [0.1, 0.15) is 5.82 Å². The summed E-state index contributed by atoms with van der Waals surface area (Å²) in [5.41, 5.74) is 0. The van der Waals surface area contributed by atoms with Crippen molar-refractivity contribution in [1.82, 2.24) is 20.1 Å². The first-order valence-corrected chi connectivity index (χ1v) is 5.60. The summed E-state index contributed by atoms with van der Waals surface area (Å²) in [6, 6.07) is 0. The Kier molecular flexibility index (Phi) is 3.68. The van der Waals surface area contributed by atoms with Gasteiger partial charge >= 0.3 is 0 Å². The molecule has 0 unspecified atom stereocenters. The average molecular weight is 305 g/mol. The van der Waals surface area contributed by atoms with E-state index in [1.54, 1.807) is 6.20 Å². The van der Waals surface area contributed by atoms with Crippen LogP contribution in [0, 0.1) is 0 Å². The van der Waals surface area contributed by atoms with Crippen LogP contribution >= 0.6 is 27.5 Å². The SMILES string of the molecule is Clc1ncc(Br)c(NCCc2ncno2)n1. The maximum Gasteiger partial charge on any atom is 0.228 e. The summed E-state index contributed by atoms with van der Waals surface area (Å²) in [5, 5.41) is 6.79. The van der Waals surface area contributed by atoms with Gasteiger partial charge < -0.3 is 9.84 Å². The van der Waals surface area contributed by atoms with Gasteiger partial charge in [-0.2, -0.15) is 9.97 Å². The number of nitrogens with one attached hydrogen (secondary N) is 1. The third-order valence-electron chi connectivity index (χ3n) is 1.75. The van der Waals surface area contributed by atoms with Crippen LogP contribution in [-0.2, 0) is 6.42 Å². The highest BCUT2D eigenvalue weighted by Crippen LogP contribution is 2.19. The smallest absolute Gasteiger partial charge is 0.228 e. The molecule has 0 fully saturated rings. The molecule has 8 heteroatoms. The number of halogens is 2. The van der Waals surface area contributed by atoms with Crippen molar-refractivity contribution in [2.24, 2.45) is 0 Å². The van der Waals surface area contributed by atoms with Gasteiger partial charge in [-0.1, -0.05) is 5.16 Å². The normalized spacial score (nSPS) is 10.4. The van der Waals surface area contributed by atoms with Crippen LogP contribution in [0.4, 0.5) is 5.82 Å². The minimum atomic E-state index is 0.198. The molecule has 2 heterocycles. The van der Waals surface area contributed by atoms with Crippen LogP contribution in [0.3, 0.4) is 0 Å². The number of hydrogen-bond acceptors (Lipinski definition) is 6. The molecular formula is C8H7BrClN5O. The zero-order valence-electron chi connectivity index (χ0n) is 8.02. The van der Waals surface area contributed by atoms with Gasteiger partial charge in [0.05, 0.1) is 4.47 Å². The molecule has 16 heavy (non-hydrogen) atoms. The zero-order valence-corrected chi connectivity index (χ0v) is 10.4. The summed E-state index contributed by atoms with van der Waals surface area (Å²) in [5.74, 6) is 1.21. The van der Waals surface area contributed by atoms with Gasteiger partial charge in [-0.25, -0.2) is 4.98 Å². The van der Waals surface area contributed by atoms with Crippen molar-refractivity contribution in [3.05, 3.63) is 28.2 Å². The summed E-state index contributed by atoms with van der Waals surface area (Å²) in [7, 11) is 0. The Labute approximate surface area is 105 Å². The van der Waals surface area contributed by atoms with Crippen LogP contribution in [0.15, 0.2) is 21.5 Å². The largest absolute Gasteiger partial charge is 0.368 e. The number of hydrogen-bond donors (Lipinski definition) is 1. The summed E-state index contributed by atoms with van der Waals surface area (Å²) in [6.07, 6.45) is 3.57. The molecule has 2 aromatic rings. The average Bonchev–Trinajstić information content (AvgIpc) is 2.76. The second-order valence-corrected chi connectivity index (χ2v) is 4.04. The summed E-state index contributed by atoms with van der Waals surface area (Å²) >= 11 is 8.98. The molecule has 0 amide bonds. The molecule has 0 aliphatic carbocycles. The van der Waals surface area contributed by atoms with E-state index in [0.29, 0.717) is 24.7 Å². The molecule has 0 bridgehead atoms. The minimum absolute atomic E-state index is 0.198. The second kappa shape index (κ2) is 5.22. The molecule has 0 saturated carbocycles. The molecule has 0 atom stereocenters. The third-order valence-corrected chi connectivity index (χ3v) is 2.52. The molecule has 2 aromatic heterocycles. The lowest BCUT2D eigenvalue weighted by Gasteiger charge is -2.05. The van der Waals surface area contributed by atoms with Gasteiger partial charge in [-0.05, 0) is 27.5 Å². The van der Waals surface area contributed by atoms with Crippen LogP contribution in [0.1, 0.15) is 5.89 Å². The third kappa shape index (κ3) is 2.89. The molecule has 0 radical (unpaired) electrons. The maximum absolute atomic E-state index is 5.67. The second-order valence-electron chi connectivity index (χ2n) is 2.85. The van der Waals surface area contributed by atoms with E-state index in [4.69, 9.17) is 16.1 Å². The first-order chi connectivity index (χ1) is 7.75. The molecule has 6 nitrogen and oxygen atoms in total. The Morgan fingerprint density at radius 1 is 1.44 bits per heavy atom. The van der Waals surface area contributed by atoms with Crippen molar-refractivity contribution in [2.75, 3.05) is 11.9 Å². The lowest BCUT2D eigenvalue weighted by Crippen LogP contribution is -2.07. The lowest BCUT2D eigenvalue weighted by atomic mass is 10.4. The number of anilines is 1. The highest BCUT2D eigenvalue weighted by molar-refractivity contribution is 9.10. The quantitative estimate of drug-likeness (QED) is 0.870. The van der Waals surface area contributed by atoms with Crippen LogP contribution in [0.5, 0.6) is 0 Å². The van der Waals surface area contributed by atoms with E-state index in [1.807, 2.05) is 0 Å². The van der Waals surface area contributed by atoms with Crippen LogP contribution in [0.2, 0.25) is 5.28 Å². The van der Waals surface area contributed by atoms with Crippen molar-refractivity contribution in [2.45, 2.75) is 6.42 Å². The predicted octanol–water partition coefficient (Wildman–Crippen LogP) is 1.93. The van der Waals surface area contributed by atoms with Crippen LogP contribution < -0.4 is 5.32 Å². The summed E-state index contributed by atoms with van der Waals surface area (Å²) in [6.45, 7) is 0.619. The van der Waals surface area contributed by atoms with Crippen LogP contribution in [-0.4, -0.2) is 26.7 Å². The van der Waals surface area contributed by atoms with E-state index in [1.165, 1.54) is 6.33 Å². The van der Waals surface area contributed by atoms with Crippen molar-refractivity contribution in [3.8, 4) is 0 Å². The molecule has 1 N–H and O–H groups in total. The highest BCUT2D eigenvalue weighted by atomic mass is 79.9. The fourth-order valence-electron chi connectivity index (χ4n) is 1.06. The van der Waals surface area contributed by atoms with E-state index in [0.717, 1.165) is 4.47 Å². The maximum atomic E-state index is 5.67. The van der Waals surface area contributed by atoms with Gasteiger partial charge in [-0.15, -0.1) is 0 Å². The Morgan fingerprint density at radius 3 is 3.06 bits per heavy atom. The standard InChI is InChI=1S/C8H7BrClN5O/c9-5-3-12-8(10)15-7(5)11-2-1-6-13-4-14-16-6/h3-4H,1-2H2,(H,11,12,15). The summed E-state index contributed by atoms with van der Waals surface area (Å²) in [4.78, 5) is 11.7. The Hall–Kier alpha value is -1.21. The van der Waals surface area contributed by atoms with Gasteiger partial charge in [0.25, 0.3) is 0 Å². The molecular weight excluding hydrogens is 297 g/mol. The van der Waals surface area contributed by atoms with Gasteiger partial charge in [0, 0.05) is 19.2 Å². The molecule has 0 aliphatic rings. The van der Waals surface area contributed by atoms with Gasteiger partial charge in [0.15, 0.2) is 6.33 Å². The van der Waals surface area contributed by atoms with E-state index in [9.17, 15) is 0 Å². The topological polar surface area (TPSA) is 76.7 Å². The number of nitrogens with zero attached hydrogens (tertiary/aromatic N) is 4. The predicted molar refractivity (Wildman–Crippen MR) is 61.2 cm³/mol. The fourth-order valence-corrected chi connectivity index (χ4v) is 1.53. The molecule has 0 saturated heterocycles. The number of rotatable bonds is 4. The Balaban J connectivity index is 1.92. The molecule has 2 rings (SSSR count). The monoisotopic (exact) mass is 303 g/mol. The van der Waals surface area contributed by atoms with E-state index < -0.39 is 0 Å². The van der Waals surface area contributed by atoms with Crippen LogP contribution in [0.25, 0.3) is 0 Å². The first-order valence-electron chi connectivity index (χ1n) is 4.43. The molecule has 84 valence electrons. The lowest BCUT2D eigenvalue weighted by molar-refractivity contribution is 0.379. The van der Waals surface area contributed by atoms with E-state index in [-0.39, 0.29) is 5.28 Å². The minimum Gasteiger partial charge on any atom is -0.368 e. The summed E-state index contributed by atoms with van der Waals surface area (Å²) < 4.78 is 5.61. The highest BCUT2D eigenvalue weighted by Gasteiger charge is 2.04. The van der Waals surface area contributed by atoms with E-state index in [2.05, 4.69) is 41.4 Å². The van der Waals surface area contributed by atoms with Crippen molar-refractivity contribution in [3.63, 3.8) is 0 Å². The van der Waals surface area contributed by atoms with Crippen molar-refractivity contribution < 1.29 is 4.52 Å².